The summed E-state index contributed by atoms with van der Waals surface area (Å²) >= 11 is 1.83. The normalized spacial score (nSPS) is 18.6. The highest BCUT2D eigenvalue weighted by molar-refractivity contribution is 8.01. The van der Waals surface area contributed by atoms with Gasteiger partial charge in [-0.1, -0.05) is 12.1 Å². The first-order chi connectivity index (χ1) is 9.84. The lowest BCUT2D eigenvalue weighted by atomic mass is 10.1. The number of nitrogens with zero attached hydrogens (tertiary/aromatic N) is 2. The molecule has 0 atom stereocenters. The Morgan fingerprint density at radius 3 is 2.90 bits per heavy atom. The molecule has 0 saturated carbocycles. The minimum absolute atomic E-state index is 1.08. The summed E-state index contributed by atoms with van der Waals surface area (Å²) in [6, 6.07) is 11.3. The van der Waals surface area contributed by atoms with Gasteiger partial charge in [0.25, 0.3) is 0 Å². The maximum Gasteiger partial charge on any atom is 0.0561 e. The van der Waals surface area contributed by atoms with Crippen LogP contribution < -0.4 is 14.5 Å². The Labute approximate surface area is 124 Å². The minimum atomic E-state index is 1.08. The summed E-state index contributed by atoms with van der Waals surface area (Å²) in [5.74, 6) is 0. The first kappa shape index (κ1) is 12.4. The summed E-state index contributed by atoms with van der Waals surface area (Å²) in [6.45, 7) is 4.46. The number of rotatable bonds is 1. The third kappa shape index (κ3) is 1.86. The van der Waals surface area contributed by atoms with E-state index in [4.69, 9.17) is 0 Å². The highest BCUT2D eigenvalue weighted by Gasteiger charge is 2.22. The molecule has 2 aliphatic rings. The van der Waals surface area contributed by atoms with Gasteiger partial charge >= 0.3 is 0 Å². The van der Waals surface area contributed by atoms with Crippen LogP contribution in [0, 0.1) is 0 Å². The highest BCUT2D eigenvalue weighted by Crippen LogP contribution is 2.47. The molecule has 2 aliphatic heterocycles. The van der Waals surface area contributed by atoms with E-state index >= 15 is 0 Å². The Bertz CT molecular complexity index is 647. The van der Waals surface area contributed by atoms with E-state index in [9.17, 15) is 0 Å². The van der Waals surface area contributed by atoms with Gasteiger partial charge in [0, 0.05) is 48.0 Å². The summed E-state index contributed by atoms with van der Waals surface area (Å²) in [5, 5.41) is 6.31. The van der Waals surface area contributed by atoms with Crippen molar-refractivity contribution in [2.45, 2.75) is 11.3 Å². The molecule has 1 N–H and O–H groups in total. The van der Waals surface area contributed by atoms with Gasteiger partial charge in [0.05, 0.1) is 5.69 Å². The van der Waals surface area contributed by atoms with Crippen molar-refractivity contribution in [3.05, 3.63) is 30.3 Å². The van der Waals surface area contributed by atoms with Crippen LogP contribution in [0.5, 0.6) is 0 Å². The molecule has 0 bridgehead atoms. The predicted octanol–water partition coefficient (Wildman–Crippen LogP) is 3.10. The van der Waals surface area contributed by atoms with Crippen LogP contribution in [0.2, 0.25) is 0 Å². The van der Waals surface area contributed by atoms with Crippen LogP contribution in [0.15, 0.2) is 35.2 Å². The van der Waals surface area contributed by atoms with Gasteiger partial charge in [0.1, 0.15) is 0 Å². The molecular formula is C16H19N3S. The predicted molar refractivity (Wildman–Crippen MR) is 87.9 cm³/mol. The fourth-order valence-corrected chi connectivity index (χ4v) is 4.23. The fraction of sp³-hybridized carbons (Fsp3) is 0.375. The lowest BCUT2D eigenvalue weighted by Crippen LogP contribution is -2.27. The van der Waals surface area contributed by atoms with E-state index in [1.807, 2.05) is 11.9 Å². The summed E-state index contributed by atoms with van der Waals surface area (Å²) < 4.78 is 2.27. The quantitative estimate of drug-likeness (QED) is 0.811. The minimum Gasteiger partial charge on any atom is -0.370 e. The zero-order valence-electron chi connectivity index (χ0n) is 11.7. The third-order valence-corrected chi connectivity index (χ3v) is 5.22. The van der Waals surface area contributed by atoms with Gasteiger partial charge in [-0.2, -0.15) is 0 Å². The highest BCUT2D eigenvalue weighted by atomic mass is 32.2. The van der Waals surface area contributed by atoms with Crippen LogP contribution in [-0.4, -0.2) is 33.2 Å². The number of anilines is 2. The standard InChI is InChI=1S/C16H19N3S/c1-18-14-7-6-13(19-10-3-8-17-9-11-19)12-4-2-5-15(20-18)16(12)14/h2,4-7,17H,3,8-11H2,1H3. The van der Waals surface area contributed by atoms with Gasteiger partial charge in [-0.15, -0.1) is 0 Å². The van der Waals surface area contributed by atoms with Gasteiger partial charge in [-0.25, -0.2) is 0 Å². The molecule has 2 aromatic rings. The molecule has 2 aromatic carbocycles. The Morgan fingerprint density at radius 1 is 1.05 bits per heavy atom. The lowest BCUT2D eigenvalue weighted by Gasteiger charge is -2.24. The van der Waals surface area contributed by atoms with Crippen molar-refractivity contribution in [2.24, 2.45) is 0 Å². The second kappa shape index (κ2) is 4.86. The fourth-order valence-electron chi connectivity index (χ4n) is 3.24. The van der Waals surface area contributed by atoms with Crippen LogP contribution in [-0.2, 0) is 0 Å². The molecule has 20 heavy (non-hydrogen) atoms. The zero-order valence-corrected chi connectivity index (χ0v) is 12.5. The summed E-state index contributed by atoms with van der Waals surface area (Å²) in [6.07, 6.45) is 1.22. The molecule has 4 heteroatoms. The molecule has 0 aliphatic carbocycles. The maximum atomic E-state index is 3.48. The van der Waals surface area contributed by atoms with Gasteiger partial charge in [-0.05, 0) is 43.1 Å². The molecule has 1 saturated heterocycles. The van der Waals surface area contributed by atoms with E-state index in [0.717, 1.165) is 26.2 Å². The van der Waals surface area contributed by atoms with Gasteiger partial charge in [0.2, 0.25) is 0 Å². The maximum absolute atomic E-state index is 3.48. The van der Waals surface area contributed by atoms with Crippen molar-refractivity contribution >= 4 is 34.1 Å². The molecule has 0 radical (unpaired) electrons. The molecule has 4 rings (SSSR count). The second-order valence-electron chi connectivity index (χ2n) is 5.46. The molecule has 2 heterocycles. The number of benzene rings is 2. The summed E-state index contributed by atoms with van der Waals surface area (Å²) in [7, 11) is 2.15. The van der Waals surface area contributed by atoms with Crippen molar-refractivity contribution in [3.63, 3.8) is 0 Å². The van der Waals surface area contributed by atoms with Crippen molar-refractivity contribution in [3.8, 4) is 0 Å². The van der Waals surface area contributed by atoms with Crippen molar-refractivity contribution in [2.75, 3.05) is 42.4 Å². The van der Waals surface area contributed by atoms with Crippen molar-refractivity contribution < 1.29 is 0 Å². The number of hydrogen-bond donors (Lipinski definition) is 1. The Hall–Kier alpha value is -1.39. The molecule has 1 fully saturated rings. The first-order valence-electron chi connectivity index (χ1n) is 7.28. The SMILES string of the molecule is CN1Sc2cccc3c(N4CCCNCC4)ccc1c23. The number of hydrogen-bond acceptors (Lipinski definition) is 4. The smallest absolute Gasteiger partial charge is 0.0561 e. The van der Waals surface area contributed by atoms with Gasteiger partial charge in [0.15, 0.2) is 0 Å². The van der Waals surface area contributed by atoms with Crippen molar-refractivity contribution in [1.82, 2.24) is 5.32 Å². The van der Waals surface area contributed by atoms with E-state index in [2.05, 4.69) is 51.9 Å². The summed E-state index contributed by atoms with van der Waals surface area (Å²) in [5.41, 5.74) is 2.74. The van der Waals surface area contributed by atoms with Crippen LogP contribution in [0.1, 0.15) is 6.42 Å². The monoisotopic (exact) mass is 285 g/mol. The molecule has 0 aromatic heterocycles. The van der Waals surface area contributed by atoms with E-state index in [1.165, 1.54) is 33.5 Å². The van der Waals surface area contributed by atoms with Crippen LogP contribution >= 0.6 is 11.9 Å². The molecule has 0 amide bonds. The molecule has 0 unspecified atom stereocenters. The van der Waals surface area contributed by atoms with Crippen LogP contribution in [0.3, 0.4) is 0 Å². The third-order valence-electron chi connectivity index (χ3n) is 4.21. The lowest BCUT2D eigenvalue weighted by molar-refractivity contribution is 0.724. The second-order valence-corrected chi connectivity index (χ2v) is 6.63. The average Bonchev–Trinajstić information content (AvgIpc) is 2.67. The topological polar surface area (TPSA) is 18.5 Å². The molecule has 3 nitrogen and oxygen atoms in total. The largest absolute Gasteiger partial charge is 0.370 e. The Kier molecular flexibility index (Phi) is 3.00. The van der Waals surface area contributed by atoms with E-state index < -0.39 is 0 Å². The van der Waals surface area contributed by atoms with E-state index in [0.29, 0.717) is 0 Å². The summed E-state index contributed by atoms with van der Waals surface area (Å²) in [4.78, 5) is 3.92. The Balaban J connectivity index is 1.87. The average molecular weight is 285 g/mol. The van der Waals surface area contributed by atoms with Crippen molar-refractivity contribution in [1.29, 1.82) is 0 Å². The Morgan fingerprint density at radius 2 is 1.95 bits per heavy atom. The van der Waals surface area contributed by atoms with Gasteiger partial charge in [-0.3, -0.25) is 0 Å². The molecule has 0 spiro atoms. The number of nitrogens with one attached hydrogen (secondary N) is 1. The van der Waals surface area contributed by atoms with E-state index in [-0.39, 0.29) is 0 Å². The van der Waals surface area contributed by atoms with E-state index in [1.54, 1.807) is 0 Å². The van der Waals surface area contributed by atoms with Crippen LogP contribution in [0.4, 0.5) is 11.4 Å². The first-order valence-corrected chi connectivity index (χ1v) is 8.05. The zero-order chi connectivity index (χ0) is 13.5. The molecule has 104 valence electrons. The molecular weight excluding hydrogens is 266 g/mol. The van der Waals surface area contributed by atoms with Gasteiger partial charge < -0.3 is 14.5 Å². The van der Waals surface area contributed by atoms with Crippen LogP contribution in [0.25, 0.3) is 10.8 Å².